The number of benzene rings is 2. The van der Waals surface area contributed by atoms with Gasteiger partial charge in [0, 0.05) is 19.6 Å². The number of ether oxygens (including phenoxy) is 1. The molecule has 216 valence electrons. The number of anilines is 1. The first-order chi connectivity index (χ1) is 19.4. The Morgan fingerprint density at radius 1 is 1.00 bits per heavy atom. The third-order valence-electron chi connectivity index (χ3n) is 6.58. The monoisotopic (exact) mass is 550 g/mol. The van der Waals surface area contributed by atoms with Gasteiger partial charge in [-0.3, -0.25) is 15.0 Å². The van der Waals surface area contributed by atoms with Crippen molar-refractivity contribution in [3.05, 3.63) is 72.3 Å². The number of urea groups is 1. The molecule has 3 rings (SSSR count). The number of allylic oxidation sites excluding steroid dienone is 1. The number of rotatable bonds is 12. The van der Waals surface area contributed by atoms with Gasteiger partial charge in [-0.25, -0.2) is 20.1 Å². The van der Waals surface area contributed by atoms with E-state index in [2.05, 4.69) is 16.2 Å². The summed E-state index contributed by atoms with van der Waals surface area (Å²) in [6, 6.07) is 18.2. The van der Waals surface area contributed by atoms with Gasteiger partial charge in [-0.1, -0.05) is 74.5 Å². The van der Waals surface area contributed by atoms with Crippen molar-refractivity contribution < 1.29 is 24.0 Å². The van der Waals surface area contributed by atoms with Crippen molar-refractivity contribution in [3.8, 4) is 0 Å². The molecule has 9 heteroatoms. The zero-order valence-electron chi connectivity index (χ0n) is 23.7. The molecule has 0 aromatic heterocycles. The van der Waals surface area contributed by atoms with Crippen LogP contribution in [0.2, 0.25) is 0 Å². The van der Waals surface area contributed by atoms with Gasteiger partial charge in [0.05, 0.1) is 17.5 Å². The SMILES string of the molecule is CCNC(=O)N(NC(=O)C(CC(C)C)[C@@H](CC=Cc1ccccc1)C(=O)NO[C@H]1CCCCO1)c1ccccc1. The number of para-hydroxylation sites is 1. The minimum Gasteiger partial charge on any atom is -0.350 e. The molecule has 40 heavy (non-hydrogen) atoms. The van der Waals surface area contributed by atoms with Gasteiger partial charge >= 0.3 is 6.03 Å². The van der Waals surface area contributed by atoms with Crippen molar-refractivity contribution in [3.63, 3.8) is 0 Å². The molecule has 0 aliphatic carbocycles. The normalized spacial score (nSPS) is 16.8. The van der Waals surface area contributed by atoms with Gasteiger partial charge in [-0.15, -0.1) is 0 Å². The second-order valence-corrected chi connectivity index (χ2v) is 10.3. The van der Waals surface area contributed by atoms with Crippen LogP contribution in [0, 0.1) is 17.8 Å². The number of carbonyl (C=O) groups is 3. The number of nitrogens with zero attached hydrogens (tertiary/aromatic N) is 1. The van der Waals surface area contributed by atoms with Crippen LogP contribution in [0.5, 0.6) is 0 Å². The van der Waals surface area contributed by atoms with E-state index in [1.807, 2.05) is 62.4 Å². The largest absolute Gasteiger partial charge is 0.350 e. The van der Waals surface area contributed by atoms with E-state index in [-0.39, 0.29) is 5.92 Å². The molecule has 1 saturated heterocycles. The van der Waals surface area contributed by atoms with Gasteiger partial charge in [-0.05, 0) is 56.2 Å². The third kappa shape index (κ3) is 9.81. The molecule has 1 aliphatic heterocycles. The molecule has 0 spiro atoms. The molecular weight excluding hydrogens is 508 g/mol. The lowest BCUT2D eigenvalue weighted by atomic mass is 9.82. The highest BCUT2D eigenvalue weighted by Gasteiger charge is 2.36. The molecule has 4 amide bonds. The van der Waals surface area contributed by atoms with E-state index in [0.29, 0.717) is 38.1 Å². The summed E-state index contributed by atoms with van der Waals surface area (Å²) < 4.78 is 5.59. The Morgan fingerprint density at radius 3 is 2.33 bits per heavy atom. The number of hydrogen-bond donors (Lipinski definition) is 3. The molecule has 1 aliphatic rings. The van der Waals surface area contributed by atoms with Crippen molar-refractivity contribution in [1.82, 2.24) is 16.2 Å². The standard InChI is InChI=1S/C31H42N4O5/c1-4-32-31(38)35(25-17-9-6-10-18-25)33-29(36)27(22-23(2)3)26(19-13-16-24-14-7-5-8-15-24)30(37)34-40-28-20-11-12-21-39-28/h5-10,13-18,23,26-28H,4,11-12,19-22H2,1-3H3,(H,32,38)(H,33,36)(H,34,37)/t26-,27?,28+/m1/s1. The number of amides is 4. The molecule has 1 fully saturated rings. The van der Waals surface area contributed by atoms with Gasteiger partial charge in [0.15, 0.2) is 6.29 Å². The summed E-state index contributed by atoms with van der Waals surface area (Å²) in [6.45, 7) is 6.78. The molecule has 1 unspecified atom stereocenters. The van der Waals surface area contributed by atoms with E-state index in [1.54, 1.807) is 31.2 Å². The van der Waals surface area contributed by atoms with Crippen molar-refractivity contribution in [2.45, 2.75) is 59.2 Å². The molecule has 2 aromatic rings. The summed E-state index contributed by atoms with van der Waals surface area (Å²) in [6.07, 6.45) is 6.65. The number of hydrogen-bond acceptors (Lipinski definition) is 5. The highest BCUT2D eigenvalue weighted by atomic mass is 16.8. The summed E-state index contributed by atoms with van der Waals surface area (Å²) in [4.78, 5) is 45.9. The van der Waals surface area contributed by atoms with Crippen LogP contribution in [-0.2, 0) is 19.2 Å². The number of hydroxylamine groups is 1. The molecule has 1 heterocycles. The van der Waals surface area contributed by atoms with Crippen LogP contribution in [0.3, 0.4) is 0 Å². The minimum absolute atomic E-state index is 0.112. The maximum Gasteiger partial charge on any atom is 0.340 e. The predicted molar refractivity (Wildman–Crippen MR) is 155 cm³/mol. The van der Waals surface area contributed by atoms with E-state index in [1.165, 1.54) is 5.01 Å². The summed E-state index contributed by atoms with van der Waals surface area (Å²) >= 11 is 0. The van der Waals surface area contributed by atoms with Crippen LogP contribution in [0.25, 0.3) is 6.08 Å². The maximum absolute atomic E-state index is 13.9. The van der Waals surface area contributed by atoms with Crippen LogP contribution in [0.1, 0.15) is 58.4 Å². The zero-order chi connectivity index (χ0) is 28.7. The van der Waals surface area contributed by atoms with E-state index >= 15 is 0 Å². The highest BCUT2D eigenvalue weighted by Crippen LogP contribution is 2.27. The number of nitrogens with one attached hydrogen (secondary N) is 3. The van der Waals surface area contributed by atoms with Crippen LogP contribution < -0.4 is 21.2 Å². The molecule has 3 atom stereocenters. The first-order valence-electron chi connectivity index (χ1n) is 14.1. The molecule has 9 nitrogen and oxygen atoms in total. The second kappa shape index (κ2) is 16.4. The van der Waals surface area contributed by atoms with E-state index in [9.17, 15) is 14.4 Å². The summed E-state index contributed by atoms with van der Waals surface area (Å²) in [5.41, 5.74) is 6.85. The average molecular weight is 551 g/mol. The Bertz CT molecular complexity index is 1090. The molecule has 0 bridgehead atoms. The molecular formula is C31H42N4O5. The lowest BCUT2D eigenvalue weighted by molar-refractivity contribution is -0.203. The van der Waals surface area contributed by atoms with Crippen molar-refractivity contribution in [2.24, 2.45) is 17.8 Å². The van der Waals surface area contributed by atoms with Gasteiger partial charge in [0.25, 0.3) is 0 Å². The average Bonchev–Trinajstić information content (AvgIpc) is 2.97. The smallest absolute Gasteiger partial charge is 0.340 e. The molecule has 3 N–H and O–H groups in total. The van der Waals surface area contributed by atoms with E-state index in [0.717, 1.165) is 18.4 Å². The predicted octanol–water partition coefficient (Wildman–Crippen LogP) is 5.21. The molecule has 0 saturated carbocycles. The fraction of sp³-hybridized carbons (Fsp3) is 0.452. The van der Waals surface area contributed by atoms with Gasteiger partial charge < -0.3 is 10.1 Å². The van der Waals surface area contributed by atoms with Gasteiger partial charge in [-0.2, -0.15) is 0 Å². The van der Waals surface area contributed by atoms with Crippen LogP contribution in [-0.4, -0.2) is 37.3 Å². The summed E-state index contributed by atoms with van der Waals surface area (Å²) in [7, 11) is 0. The number of carbonyl (C=O) groups excluding carboxylic acids is 3. The van der Waals surface area contributed by atoms with Gasteiger partial charge in [0.2, 0.25) is 11.8 Å². The lowest BCUT2D eigenvalue weighted by Crippen LogP contribution is -2.54. The van der Waals surface area contributed by atoms with Crippen molar-refractivity contribution >= 4 is 29.6 Å². The fourth-order valence-corrected chi connectivity index (χ4v) is 4.57. The molecule has 2 aromatic carbocycles. The van der Waals surface area contributed by atoms with E-state index < -0.39 is 36.0 Å². The molecule has 0 radical (unpaired) electrons. The summed E-state index contributed by atoms with van der Waals surface area (Å²) in [5, 5.41) is 3.93. The Balaban J connectivity index is 1.85. The van der Waals surface area contributed by atoms with Crippen LogP contribution >= 0.6 is 0 Å². The first kappa shape index (κ1) is 30.8. The highest BCUT2D eigenvalue weighted by molar-refractivity contribution is 5.96. The Labute approximate surface area is 237 Å². The van der Waals surface area contributed by atoms with Crippen LogP contribution in [0.15, 0.2) is 66.7 Å². The Morgan fingerprint density at radius 2 is 1.70 bits per heavy atom. The van der Waals surface area contributed by atoms with Crippen molar-refractivity contribution in [2.75, 3.05) is 18.2 Å². The van der Waals surface area contributed by atoms with Gasteiger partial charge in [0.1, 0.15) is 0 Å². The van der Waals surface area contributed by atoms with E-state index in [4.69, 9.17) is 9.57 Å². The third-order valence-corrected chi connectivity index (χ3v) is 6.58. The topological polar surface area (TPSA) is 109 Å². The second-order valence-electron chi connectivity index (χ2n) is 10.3. The minimum atomic E-state index is -0.752. The quantitative estimate of drug-likeness (QED) is 0.315. The maximum atomic E-state index is 13.9. The Kier molecular flexibility index (Phi) is 12.7. The van der Waals surface area contributed by atoms with Crippen LogP contribution in [0.4, 0.5) is 10.5 Å². The summed E-state index contributed by atoms with van der Waals surface area (Å²) in [5.74, 6) is -2.21. The number of hydrazine groups is 1. The Hall–Kier alpha value is -3.69. The zero-order valence-corrected chi connectivity index (χ0v) is 23.7. The fourth-order valence-electron chi connectivity index (χ4n) is 4.57. The van der Waals surface area contributed by atoms with Crippen molar-refractivity contribution in [1.29, 1.82) is 0 Å². The lowest BCUT2D eigenvalue weighted by Gasteiger charge is -2.30. The first-order valence-corrected chi connectivity index (χ1v) is 14.1.